The Balaban J connectivity index is 0.00000160. The fourth-order valence-corrected chi connectivity index (χ4v) is 3.87. The largest absolute Gasteiger partial charge is 0.367 e. The molecule has 0 aliphatic heterocycles. The van der Waals surface area contributed by atoms with E-state index >= 15 is 0 Å². The second-order valence-corrected chi connectivity index (χ2v) is 8.04. The molecule has 0 saturated heterocycles. The van der Waals surface area contributed by atoms with Gasteiger partial charge in [-0.2, -0.15) is 0 Å². The van der Waals surface area contributed by atoms with Crippen LogP contribution in [0, 0.1) is 6.92 Å². The number of hydrogen-bond acceptors (Lipinski definition) is 4. The van der Waals surface area contributed by atoms with E-state index in [-0.39, 0.29) is 30.9 Å². The van der Waals surface area contributed by atoms with E-state index in [4.69, 9.17) is 27.3 Å². The fraction of sp³-hybridized carbons (Fsp3) is 0.304. The van der Waals surface area contributed by atoms with Crippen LogP contribution in [0.4, 0.5) is 5.82 Å². The van der Waals surface area contributed by atoms with Gasteiger partial charge in [0.2, 0.25) is 0 Å². The summed E-state index contributed by atoms with van der Waals surface area (Å²) < 4.78 is 0. The highest BCUT2D eigenvalue weighted by molar-refractivity contribution is 6.30. The molecule has 2 atom stereocenters. The van der Waals surface area contributed by atoms with E-state index in [2.05, 4.69) is 30.4 Å². The van der Waals surface area contributed by atoms with Gasteiger partial charge in [0.1, 0.15) is 5.82 Å². The van der Waals surface area contributed by atoms with Crippen LogP contribution in [0.25, 0.3) is 23.1 Å². The van der Waals surface area contributed by atoms with E-state index < -0.39 is 0 Å². The normalized spacial score (nSPS) is 18.6. The molecular weight excluding hydrogens is 439 g/mol. The molecule has 1 aromatic heterocycles. The van der Waals surface area contributed by atoms with E-state index in [9.17, 15) is 0 Å². The Morgan fingerprint density at radius 3 is 2.53 bits per heavy atom. The second-order valence-electron chi connectivity index (χ2n) is 7.60. The Kier molecular flexibility index (Phi) is 8.92. The topological polar surface area (TPSA) is 63.8 Å². The van der Waals surface area contributed by atoms with Crippen LogP contribution in [-0.4, -0.2) is 22.1 Å². The third-order valence-corrected chi connectivity index (χ3v) is 5.47. The summed E-state index contributed by atoms with van der Waals surface area (Å²) in [4.78, 5) is 9.55. The number of hydrogen-bond donors (Lipinski definition) is 2. The van der Waals surface area contributed by atoms with Gasteiger partial charge in [-0.1, -0.05) is 41.4 Å². The Labute approximate surface area is 195 Å². The number of aryl methyl sites for hydroxylation is 1. The Bertz CT molecular complexity index is 1010. The quantitative estimate of drug-likeness (QED) is 0.475. The van der Waals surface area contributed by atoms with Crippen molar-refractivity contribution in [2.75, 3.05) is 5.32 Å². The molecule has 3 aromatic rings. The second kappa shape index (κ2) is 11.0. The zero-order valence-corrected chi connectivity index (χ0v) is 19.2. The molecule has 0 amide bonds. The van der Waals surface area contributed by atoms with Crippen LogP contribution in [0.15, 0.2) is 42.5 Å². The van der Waals surface area contributed by atoms with E-state index in [0.29, 0.717) is 11.9 Å². The van der Waals surface area contributed by atoms with E-state index in [0.717, 1.165) is 53.0 Å². The number of nitrogens with two attached hydrogens (primary N) is 1. The lowest BCUT2D eigenvalue weighted by atomic mass is 9.91. The van der Waals surface area contributed by atoms with Gasteiger partial charge in [-0.25, -0.2) is 9.97 Å². The molecule has 160 valence electrons. The van der Waals surface area contributed by atoms with E-state index in [1.54, 1.807) is 0 Å². The average Bonchev–Trinajstić information content (AvgIpc) is 2.68. The van der Waals surface area contributed by atoms with Crippen LogP contribution >= 0.6 is 36.4 Å². The average molecular weight is 466 g/mol. The molecular formula is C23H27Cl3N4. The highest BCUT2D eigenvalue weighted by Crippen LogP contribution is 2.26. The summed E-state index contributed by atoms with van der Waals surface area (Å²) >= 11 is 5.96. The molecule has 0 bridgehead atoms. The summed E-state index contributed by atoms with van der Waals surface area (Å²) in [6.07, 6.45) is 8.32. The van der Waals surface area contributed by atoms with Crippen molar-refractivity contribution in [3.05, 3.63) is 64.4 Å². The van der Waals surface area contributed by atoms with Crippen molar-refractivity contribution in [1.29, 1.82) is 0 Å². The minimum Gasteiger partial charge on any atom is -0.367 e. The third kappa shape index (κ3) is 6.08. The first kappa shape index (κ1) is 24.4. The molecule has 4 rings (SSSR count). The van der Waals surface area contributed by atoms with Gasteiger partial charge in [-0.15, -0.1) is 24.8 Å². The molecule has 3 N–H and O–H groups in total. The third-order valence-electron chi connectivity index (χ3n) is 5.22. The number of rotatable bonds is 4. The van der Waals surface area contributed by atoms with Gasteiger partial charge in [0, 0.05) is 22.5 Å². The summed E-state index contributed by atoms with van der Waals surface area (Å²) in [5.74, 6) is 1.58. The number of halogens is 3. The summed E-state index contributed by atoms with van der Waals surface area (Å²) in [7, 11) is 0. The highest BCUT2D eigenvalue weighted by Gasteiger charge is 2.20. The molecule has 0 radical (unpaired) electrons. The fourth-order valence-electron chi connectivity index (χ4n) is 3.74. The van der Waals surface area contributed by atoms with Crippen molar-refractivity contribution in [2.45, 2.75) is 44.7 Å². The number of nitrogens with one attached hydrogen (secondary N) is 1. The molecule has 1 heterocycles. The number of benzene rings is 2. The molecule has 0 spiro atoms. The van der Waals surface area contributed by atoms with Crippen molar-refractivity contribution in [3.63, 3.8) is 0 Å². The molecule has 7 heteroatoms. The highest BCUT2D eigenvalue weighted by atomic mass is 35.5. The van der Waals surface area contributed by atoms with Gasteiger partial charge >= 0.3 is 0 Å². The van der Waals surface area contributed by atoms with Gasteiger partial charge in [0.05, 0.1) is 5.52 Å². The van der Waals surface area contributed by atoms with Gasteiger partial charge in [0.15, 0.2) is 5.82 Å². The molecule has 30 heavy (non-hydrogen) atoms. The van der Waals surface area contributed by atoms with E-state index in [1.165, 1.54) is 5.56 Å². The lowest BCUT2D eigenvalue weighted by Crippen LogP contribution is -2.35. The smallest absolute Gasteiger partial charge is 0.154 e. The first-order chi connectivity index (χ1) is 13.6. The van der Waals surface area contributed by atoms with Crippen LogP contribution in [0.5, 0.6) is 0 Å². The van der Waals surface area contributed by atoms with Crippen molar-refractivity contribution >= 4 is 65.3 Å². The predicted molar refractivity (Wildman–Crippen MR) is 133 cm³/mol. The van der Waals surface area contributed by atoms with Crippen LogP contribution in [-0.2, 0) is 0 Å². The molecule has 1 aliphatic rings. The lowest BCUT2D eigenvalue weighted by molar-refractivity contribution is 0.409. The van der Waals surface area contributed by atoms with E-state index in [1.807, 2.05) is 36.4 Å². The van der Waals surface area contributed by atoms with Gasteiger partial charge in [-0.3, -0.25) is 0 Å². The summed E-state index contributed by atoms with van der Waals surface area (Å²) in [6, 6.07) is 14.6. The monoisotopic (exact) mass is 464 g/mol. The number of anilines is 1. The number of aromatic nitrogens is 2. The van der Waals surface area contributed by atoms with Gasteiger partial charge in [0.25, 0.3) is 0 Å². The Hall–Kier alpha value is -1.85. The maximum absolute atomic E-state index is 6.17. The standard InChI is InChI=1S/C23H25ClN4.2ClH/c1-15-5-11-21-20(13-15)23(26-19-4-2-3-18(25)14-19)28-22(27-21)12-8-16-6-9-17(24)10-7-16;;/h5-13,18-19H,2-4,14,25H2,1H3,(H,26,27,28);2*1H/t18-,19-;;/m1../s1. The maximum atomic E-state index is 6.17. The molecule has 0 unspecified atom stereocenters. The van der Waals surface area contributed by atoms with Crippen molar-refractivity contribution in [2.24, 2.45) is 5.73 Å². The Morgan fingerprint density at radius 2 is 1.80 bits per heavy atom. The molecule has 1 saturated carbocycles. The first-order valence-corrected chi connectivity index (χ1v) is 10.2. The first-order valence-electron chi connectivity index (χ1n) is 9.81. The van der Waals surface area contributed by atoms with Crippen molar-refractivity contribution in [3.8, 4) is 0 Å². The number of fused-ring (bicyclic) bond motifs is 1. The summed E-state index contributed by atoms with van der Waals surface area (Å²) in [6.45, 7) is 2.09. The SMILES string of the molecule is Cc1ccc2nc(C=Cc3ccc(Cl)cc3)nc(N[C@@H]3CCC[C@@H](N)C3)c2c1.Cl.Cl. The van der Waals surface area contributed by atoms with Crippen molar-refractivity contribution < 1.29 is 0 Å². The minimum absolute atomic E-state index is 0. The van der Waals surface area contributed by atoms with Gasteiger partial charge < -0.3 is 11.1 Å². The van der Waals surface area contributed by atoms with Crippen LogP contribution in [0.2, 0.25) is 5.02 Å². The maximum Gasteiger partial charge on any atom is 0.154 e. The molecule has 1 aliphatic carbocycles. The van der Waals surface area contributed by atoms with Crippen LogP contribution in [0.1, 0.15) is 42.6 Å². The van der Waals surface area contributed by atoms with Crippen LogP contribution < -0.4 is 11.1 Å². The lowest BCUT2D eigenvalue weighted by Gasteiger charge is -2.28. The van der Waals surface area contributed by atoms with Crippen LogP contribution in [0.3, 0.4) is 0 Å². The zero-order chi connectivity index (χ0) is 19.5. The van der Waals surface area contributed by atoms with Crippen molar-refractivity contribution in [1.82, 2.24) is 9.97 Å². The zero-order valence-electron chi connectivity index (χ0n) is 16.8. The van der Waals surface area contributed by atoms with Gasteiger partial charge in [-0.05, 0) is 68.5 Å². The number of nitrogens with zero attached hydrogens (tertiary/aromatic N) is 2. The summed E-state index contributed by atoms with van der Waals surface area (Å²) in [5, 5.41) is 5.43. The molecule has 4 nitrogen and oxygen atoms in total. The molecule has 2 aromatic carbocycles. The molecule has 1 fully saturated rings. The summed E-state index contributed by atoms with van der Waals surface area (Å²) in [5.41, 5.74) is 9.38. The Morgan fingerprint density at radius 1 is 1.03 bits per heavy atom. The predicted octanol–water partition coefficient (Wildman–Crippen LogP) is 6.29. The minimum atomic E-state index is 0.